The summed E-state index contributed by atoms with van der Waals surface area (Å²) in [4.78, 5) is 30.9. The van der Waals surface area contributed by atoms with Gasteiger partial charge in [-0.15, -0.1) is 23.5 Å². The topological polar surface area (TPSA) is 96.0 Å². The predicted molar refractivity (Wildman–Crippen MR) is 210 cm³/mol. The Morgan fingerprint density at radius 2 is 1.37 bits per heavy atom. The molecule has 10 nitrogen and oxygen atoms in total. The van der Waals surface area contributed by atoms with Crippen LogP contribution in [0.4, 0.5) is 0 Å². The monoisotopic (exact) mass is 768 g/mol. The summed E-state index contributed by atoms with van der Waals surface area (Å²) in [7, 11) is 6.42. The lowest BCUT2D eigenvalue weighted by molar-refractivity contribution is -0.143. The van der Waals surface area contributed by atoms with E-state index in [0.717, 1.165) is 29.5 Å². The molecule has 1 aliphatic carbocycles. The number of nitrogens with zero attached hydrogens (tertiary/aromatic N) is 2. The number of hydrogen-bond donors (Lipinski definition) is 0. The highest BCUT2D eigenvalue weighted by atomic mass is 32.2. The first-order valence-corrected chi connectivity index (χ1v) is 19.7. The number of benzene rings is 3. The Hall–Kier alpha value is -4.94. The summed E-state index contributed by atoms with van der Waals surface area (Å²) in [6.07, 6.45) is 12.9. The van der Waals surface area contributed by atoms with Crippen LogP contribution in [0.3, 0.4) is 0 Å². The molecule has 3 aliphatic heterocycles. The quantitative estimate of drug-likeness (QED) is 0.172. The summed E-state index contributed by atoms with van der Waals surface area (Å²) in [6, 6.07) is 18.6. The average Bonchev–Trinajstić information content (AvgIpc) is 3.74. The maximum Gasteiger partial charge on any atom is 0.234 e. The minimum atomic E-state index is -1.47. The SMILES string of the molecule is COc1cccc(OC)c1C1(C2(c3c(OC)cccc3OC)SCC(=O)N2C(CC2=CC=CCC2)C2=COC=CO2)SCC(=O)N1Cc1ccc(C)cc1. The predicted octanol–water partition coefficient (Wildman–Crippen LogP) is 7.78. The second-order valence-corrected chi connectivity index (χ2v) is 15.6. The molecule has 3 aromatic carbocycles. The largest absolute Gasteiger partial charge is 0.496 e. The Bertz CT molecular complexity index is 1980. The molecule has 282 valence electrons. The molecule has 3 atom stereocenters. The summed E-state index contributed by atoms with van der Waals surface area (Å²) in [5.74, 6) is 2.32. The van der Waals surface area contributed by atoms with Gasteiger partial charge in [-0.25, -0.2) is 0 Å². The van der Waals surface area contributed by atoms with Crippen LogP contribution in [-0.4, -0.2) is 67.6 Å². The Balaban J connectivity index is 1.63. The standard InChI is InChI=1S/C42H44N2O8S2/c1-28-17-19-30(20-18-28)24-43-37(45)26-53-41(43,39-32(47-2)13-9-14-33(39)48-3)42(40-34(49-4)15-10-16-35(40)50-5)44(38(46)27-54-42)31(36-25-51-21-22-52-36)23-29-11-7-6-8-12-29/h6-7,9-11,13-22,25,31H,8,12,23-24,26-27H2,1-5H3. The van der Waals surface area contributed by atoms with Crippen molar-refractivity contribution in [1.82, 2.24) is 9.80 Å². The number of carbonyl (C=O) groups excluding carboxylic acids is 2. The number of allylic oxidation sites excluding steroid dienone is 3. The van der Waals surface area contributed by atoms with Crippen molar-refractivity contribution in [3.63, 3.8) is 0 Å². The molecule has 3 heterocycles. The van der Waals surface area contributed by atoms with Crippen LogP contribution in [-0.2, 0) is 35.3 Å². The molecule has 12 heteroatoms. The van der Waals surface area contributed by atoms with Crippen LogP contribution in [0, 0.1) is 6.92 Å². The van der Waals surface area contributed by atoms with Gasteiger partial charge < -0.3 is 38.2 Å². The van der Waals surface area contributed by atoms with Crippen molar-refractivity contribution >= 4 is 35.3 Å². The lowest BCUT2D eigenvalue weighted by Crippen LogP contribution is -2.64. The van der Waals surface area contributed by atoms with Gasteiger partial charge in [0.25, 0.3) is 0 Å². The van der Waals surface area contributed by atoms with Crippen LogP contribution in [0.2, 0.25) is 0 Å². The fourth-order valence-electron chi connectivity index (χ4n) is 7.92. The van der Waals surface area contributed by atoms with Crippen LogP contribution in [0.5, 0.6) is 23.0 Å². The van der Waals surface area contributed by atoms with E-state index >= 15 is 4.79 Å². The molecule has 54 heavy (non-hydrogen) atoms. The smallest absolute Gasteiger partial charge is 0.234 e. The van der Waals surface area contributed by atoms with Gasteiger partial charge in [-0.2, -0.15) is 0 Å². The summed E-state index contributed by atoms with van der Waals surface area (Å²) in [5, 5.41) is 0. The Labute approximate surface area is 324 Å². The molecule has 2 saturated heterocycles. The molecule has 0 bridgehead atoms. The first kappa shape index (κ1) is 37.4. The van der Waals surface area contributed by atoms with E-state index in [1.54, 1.807) is 34.7 Å². The van der Waals surface area contributed by atoms with Gasteiger partial charge in [0.15, 0.2) is 15.5 Å². The van der Waals surface area contributed by atoms with E-state index < -0.39 is 15.8 Å². The average molecular weight is 769 g/mol. The van der Waals surface area contributed by atoms with Gasteiger partial charge in [-0.1, -0.05) is 65.8 Å². The molecule has 2 amide bonds. The van der Waals surface area contributed by atoms with E-state index in [1.165, 1.54) is 36.0 Å². The number of carbonyl (C=O) groups is 2. The zero-order chi connectivity index (χ0) is 37.9. The van der Waals surface area contributed by atoms with Crippen molar-refractivity contribution in [2.45, 2.75) is 48.5 Å². The molecule has 0 radical (unpaired) electrons. The van der Waals surface area contributed by atoms with Gasteiger partial charge in [0, 0.05) is 6.54 Å². The van der Waals surface area contributed by atoms with E-state index in [4.69, 9.17) is 28.4 Å². The lowest BCUT2D eigenvalue weighted by atomic mass is 9.84. The molecule has 0 saturated carbocycles. The van der Waals surface area contributed by atoms with E-state index in [0.29, 0.717) is 46.3 Å². The van der Waals surface area contributed by atoms with E-state index in [-0.39, 0.29) is 29.9 Å². The van der Waals surface area contributed by atoms with E-state index in [2.05, 4.69) is 18.2 Å². The molecule has 0 aromatic heterocycles. The molecular formula is C42H44N2O8S2. The summed E-state index contributed by atoms with van der Waals surface area (Å²) < 4.78 is 36.8. The number of ether oxygens (including phenoxy) is 6. The maximum absolute atomic E-state index is 15.2. The second kappa shape index (κ2) is 15.8. The zero-order valence-electron chi connectivity index (χ0n) is 31.0. The highest BCUT2D eigenvalue weighted by Gasteiger charge is 2.72. The number of methoxy groups -OCH3 is 4. The van der Waals surface area contributed by atoms with Gasteiger partial charge in [0.2, 0.25) is 11.8 Å². The van der Waals surface area contributed by atoms with Gasteiger partial charge in [-0.05, 0) is 56.0 Å². The number of amides is 2. The highest BCUT2D eigenvalue weighted by molar-refractivity contribution is 8.05. The van der Waals surface area contributed by atoms with Crippen molar-refractivity contribution < 1.29 is 38.0 Å². The molecular weight excluding hydrogens is 725 g/mol. The van der Waals surface area contributed by atoms with Crippen LogP contribution < -0.4 is 18.9 Å². The number of aryl methyl sites for hydroxylation is 1. The third-order valence-corrected chi connectivity index (χ3v) is 13.4. The van der Waals surface area contributed by atoms with Crippen LogP contribution in [0.15, 0.2) is 109 Å². The molecule has 0 spiro atoms. The number of hydrogen-bond acceptors (Lipinski definition) is 10. The fraction of sp³-hybridized carbons (Fsp3) is 0.333. The molecule has 2 fully saturated rings. The van der Waals surface area contributed by atoms with Crippen LogP contribution >= 0.6 is 23.5 Å². The van der Waals surface area contributed by atoms with Crippen molar-refractivity contribution in [3.05, 3.63) is 131 Å². The van der Waals surface area contributed by atoms with Crippen molar-refractivity contribution in [3.8, 4) is 23.0 Å². The Morgan fingerprint density at radius 3 is 1.93 bits per heavy atom. The van der Waals surface area contributed by atoms with Crippen molar-refractivity contribution in [1.29, 1.82) is 0 Å². The second-order valence-electron chi connectivity index (χ2n) is 13.2. The fourth-order valence-corrected chi connectivity index (χ4v) is 11.4. The first-order chi connectivity index (χ1) is 26.3. The van der Waals surface area contributed by atoms with Gasteiger partial charge in [0.05, 0.1) is 57.1 Å². The molecule has 0 N–H and O–H groups in total. The minimum absolute atomic E-state index is 0.0764. The Kier molecular flexibility index (Phi) is 10.9. The highest BCUT2D eigenvalue weighted by Crippen LogP contribution is 2.71. The molecule has 4 aliphatic rings. The van der Waals surface area contributed by atoms with Gasteiger partial charge in [-0.3, -0.25) is 9.59 Å². The van der Waals surface area contributed by atoms with Crippen molar-refractivity contribution in [2.75, 3.05) is 39.9 Å². The third-order valence-electron chi connectivity index (χ3n) is 10.3. The minimum Gasteiger partial charge on any atom is -0.496 e. The third kappa shape index (κ3) is 6.28. The maximum atomic E-state index is 15.2. The van der Waals surface area contributed by atoms with Gasteiger partial charge in [0.1, 0.15) is 41.8 Å². The van der Waals surface area contributed by atoms with E-state index in [9.17, 15) is 4.79 Å². The van der Waals surface area contributed by atoms with Crippen molar-refractivity contribution in [2.24, 2.45) is 0 Å². The summed E-state index contributed by atoms with van der Waals surface area (Å²) in [6.45, 7) is 2.26. The lowest BCUT2D eigenvalue weighted by Gasteiger charge is -2.56. The van der Waals surface area contributed by atoms with Gasteiger partial charge >= 0.3 is 0 Å². The first-order valence-electron chi connectivity index (χ1n) is 17.7. The molecule has 3 aromatic rings. The number of rotatable bonds is 13. The normalized spacial score (nSPS) is 22.7. The zero-order valence-corrected chi connectivity index (χ0v) is 32.7. The molecule has 7 rings (SSSR count). The number of thioether (sulfide) groups is 2. The summed E-state index contributed by atoms with van der Waals surface area (Å²) in [5.41, 5.74) is 4.35. The Morgan fingerprint density at radius 1 is 0.778 bits per heavy atom. The summed E-state index contributed by atoms with van der Waals surface area (Å²) >= 11 is 2.88. The van der Waals surface area contributed by atoms with Crippen LogP contribution in [0.1, 0.15) is 41.5 Å². The van der Waals surface area contributed by atoms with Crippen LogP contribution in [0.25, 0.3) is 0 Å². The van der Waals surface area contributed by atoms with E-state index in [1.807, 2.05) is 77.4 Å². The molecule has 3 unspecified atom stereocenters.